The van der Waals surface area contributed by atoms with Gasteiger partial charge in [0.15, 0.2) is 6.61 Å². The molecule has 0 spiro atoms. The minimum atomic E-state index is -0.364. The number of hydrogen-bond acceptors (Lipinski definition) is 3. The van der Waals surface area contributed by atoms with Crippen molar-refractivity contribution in [3.05, 3.63) is 87.4 Å². The highest BCUT2D eigenvalue weighted by atomic mass is 35.5. The molecule has 2 N–H and O–H groups in total. The Hall–Kier alpha value is -3.31. The van der Waals surface area contributed by atoms with Crippen molar-refractivity contribution in [3.8, 4) is 5.75 Å². The molecule has 0 radical (unpaired) electrons. The number of amides is 2. The number of para-hydroxylation sites is 1. The number of hydrogen-bond donors (Lipinski definition) is 2. The Labute approximate surface area is 187 Å². The van der Waals surface area contributed by atoms with E-state index in [1.807, 2.05) is 45.9 Å². The summed E-state index contributed by atoms with van der Waals surface area (Å²) < 4.78 is 5.61. The smallest absolute Gasteiger partial charge is 0.262 e. The van der Waals surface area contributed by atoms with Crippen LogP contribution in [0, 0.1) is 27.7 Å². The third kappa shape index (κ3) is 5.64. The lowest BCUT2D eigenvalue weighted by Gasteiger charge is -2.13. The van der Waals surface area contributed by atoms with E-state index in [1.165, 1.54) is 0 Å². The average molecular weight is 437 g/mol. The molecule has 0 aliphatic heterocycles. The largest absolute Gasteiger partial charge is 0.484 e. The van der Waals surface area contributed by atoms with Gasteiger partial charge >= 0.3 is 0 Å². The van der Waals surface area contributed by atoms with Gasteiger partial charge in [0.2, 0.25) is 0 Å². The summed E-state index contributed by atoms with van der Waals surface area (Å²) in [5.74, 6) is -0.101. The van der Waals surface area contributed by atoms with Crippen molar-refractivity contribution < 1.29 is 14.3 Å². The minimum Gasteiger partial charge on any atom is -0.484 e. The fraction of sp³-hybridized carbons (Fsp3) is 0.200. The van der Waals surface area contributed by atoms with Crippen LogP contribution in [0.15, 0.2) is 54.6 Å². The van der Waals surface area contributed by atoms with Gasteiger partial charge in [0, 0.05) is 10.7 Å². The number of rotatable bonds is 6. The number of carbonyl (C=O) groups excluding carboxylic acids is 2. The predicted molar refractivity (Wildman–Crippen MR) is 125 cm³/mol. The molecule has 0 saturated heterocycles. The Bertz CT molecular complexity index is 1120. The first-order chi connectivity index (χ1) is 14.7. The average Bonchev–Trinajstić information content (AvgIpc) is 2.73. The standard InChI is InChI=1S/C25H25ClN2O3/c1-15-9-10-19(11-16(15)2)27-25(30)21-7-5-6-8-22(21)28-23(29)14-31-20-12-17(3)24(26)18(4)13-20/h5-13H,14H2,1-4H3,(H,27,30)(H,28,29). The quantitative estimate of drug-likeness (QED) is 0.509. The zero-order valence-corrected chi connectivity index (χ0v) is 18.8. The second kappa shape index (κ2) is 9.67. The van der Waals surface area contributed by atoms with E-state index in [-0.39, 0.29) is 18.4 Å². The second-order valence-electron chi connectivity index (χ2n) is 7.51. The van der Waals surface area contributed by atoms with E-state index in [2.05, 4.69) is 10.6 Å². The molecule has 3 rings (SSSR count). The molecule has 0 saturated carbocycles. The van der Waals surface area contributed by atoms with Crippen molar-refractivity contribution in [1.82, 2.24) is 0 Å². The molecule has 0 aliphatic rings. The molecule has 3 aromatic rings. The van der Waals surface area contributed by atoms with Crippen LogP contribution in [-0.2, 0) is 4.79 Å². The SMILES string of the molecule is Cc1ccc(NC(=O)c2ccccc2NC(=O)COc2cc(C)c(Cl)c(C)c2)cc1C. The molecule has 0 bridgehead atoms. The summed E-state index contributed by atoms with van der Waals surface area (Å²) in [7, 11) is 0. The van der Waals surface area contributed by atoms with Crippen LogP contribution in [0.4, 0.5) is 11.4 Å². The summed E-state index contributed by atoms with van der Waals surface area (Å²) in [6.07, 6.45) is 0. The van der Waals surface area contributed by atoms with Crippen LogP contribution in [0.1, 0.15) is 32.6 Å². The molecule has 0 atom stereocenters. The summed E-state index contributed by atoms with van der Waals surface area (Å²) in [6.45, 7) is 7.58. The maximum absolute atomic E-state index is 12.8. The summed E-state index contributed by atoms with van der Waals surface area (Å²) in [4.78, 5) is 25.2. The van der Waals surface area contributed by atoms with Gasteiger partial charge in [0.1, 0.15) is 5.75 Å². The van der Waals surface area contributed by atoms with Crippen LogP contribution in [0.25, 0.3) is 0 Å². The number of nitrogens with one attached hydrogen (secondary N) is 2. The fourth-order valence-corrected chi connectivity index (χ4v) is 3.24. The van der Waals surface area contributed by atoms with Crippen LogP contribution in [0.5, 0.6) is 5.75 Å². The molecule has 160 valence electrons. The summed E-state index contributed by atoms with van der Waals surface area (Å²) in [5.41, 5.74) is 5.48. The monoisotopic (exact) mass is 436 g/mol. The Kier molecular flexibility index (Phi) is 6.98. The first kappa shape index (κ1) is 22.4. The fourth-order valence-electron chi connectivity index (χ4n) is 3.13. The van der Waals surface area contributed by atoms with Crippen LogP contribution in [0.3, 0.4) is 0 Å². The third-order valence-electron chi connectivity index (χ3n) is 4.99. The Balaban J connectivity index is 1.67. The molecule has 6 heteroatoms. The van der Waals surface area contributed by atoms with Crippen LogP contribution in [-0.4, -0.2) is 18.4 Å². The number of ether oxygens (including phenoxy) is 1. The predicted octanol–water partition coefficient (Wildman–Crippen LogP) is 5.84. The summed E-state index contributed by atoms with van der Waals surface area (Å²) in [6, 6.07) is 16.2. The molecule has 0 fully saturated rings. The highest BCUT2D eigenvalue weighted by Gasteiger charge is 2.14. The number of halogens is 1. The maximum Gasteiger partial charge on any atom is 0.262 e. The van der Waals surface area contributed by atoms with E-state index in [4.69, 9.17) is 16.3 Å². The molecule has 5 nitrogen and oxygen atoms in total. The summed E-state index contributed by atoms with van der Waals surface area (Å²) in [5, 5.41) is 6.32. The van der Waals surface area contributed by atoms with Gasteiger partial charge < -0.3 is 15.4 Å². The zero-order chi connectivity index (χ0) is 22.5. The Morgan fingerprint density at radius 2 is 1.52 bits per heavy atom. The lowest BCUT2D eigenvalue weighted by atomic mass is 10.1. The first-order valence-corrected chi connectivity index (χ1v) is 10.3. The topological polar surface area (TPSA) is 67.4 Å². The normalized spacial score (nSPS) is 10.5. The molecule has 31 heavy (non-hydrogen) atoms. The van der Waals surface area contributed by atoms with Gasteiger partial charge in [-0.05, 0) is 86.3 Å². The minimum absolute atomic E-state index is 0.187. The van der Waals surface area contributed by atoms with E-state index in [1.54, 1.807) is 36.4 Å². The first-order valence-electron chi connectivity index (χ1n) is 9.91. The maximum atomic E-state index is 12.8. The Morgan fingerprint density at radius 3 is 2.19 bits per heavy atom. The van der Waals surface area contributed by atoms with E-state index in [9.17, 15) is 9.59 Å². The molecule has 2 amide bonds. The molecular weight excluding hydrogens is 412 g/mol. The van der Waals surface area contributed by atoms with Crippen LogP contribution >= 0.6 is 11.6 Å². The van der Waals surface area contributed by atoms with Gasteiger partial charge in [-0.3, -0.25) is 9.59 Å². The van der Waals surface area contributed by atoms with Crippen molar-refractivity contribution in [2.75, 3.05) is 17.2 Å². The number of benzene rings is 3. The van der Waals surface area contributed by atoms with E-state index < -0.39 is 0 Å². The van der Waals surface area contributed by atoms with Gasteiger partial charge in [0.05, 0.1) is 11.3 Å². The van der Waals surface area contributed by atoms with Gasteiger partial charge in [-0.1, -0.05) is 29.8 Å². The van der Waals surface area contributed by atoms with Crippen LogP contribution in [0.2, 0.25) is 5.02 Å². The van der Waals surface area contributed by atoms with Gasteiger partial charge in [-0.2, -0.15) is 0 Å². The molecular formula is C25H25ClN2O3. The summed E-state index contributed by atoms with van der Waals surface area (Å²) >= 11 is 6.17. The number of carbonyl (C=O) groups is 2. The third-order valence-corrected chi connectivity index (χ3v) is 5.59. The number of anilines is 2. The van der Waals surface area contributed by atoms with Gasteiger partial charge in [0.25, 0.3) is 11.8 Å². The second-order valence-corrected chi connectivity index (χ2v) is 7.88. The molecule has 3 aromatic carbocycles. The molecule has 0 aromatic heterocycles. The van der Waals surface area contributed by atoms with Crippen molar-refractivity contribution in [1.29, 1.82) is 0 Å². The van der Waals surface area contributed by atoms with E-state index >= 15 is 0 Å². The van der Waals surface area contributed by atoms with Gasteiger partial charge in [-0.25, -0.2) is 0 Å². The van der Waals surface area contributed by atoms with E-state index in [0.717, 1.165) is 22.3 Å². The molecule has 0 aliphatic carbocycles. The number of aryl methyl sites for hydroxylation is 4. The van der Waals surface area contributed by atoms with Gasteiger partial charge in [-0.15, -0.1) is 0 Å². The highest BCUT2D eigenvalue weighted by Crippen LogP contribution is 2.26. The van der Waals surface area contributed by atoms with Crippen LogP contribution < -0.4 is 15.4 Å². The lowest BCUT2D eigenvalue weighted by Crippen LogP contribution is -2.23. The molecule has 0 heterocycles. The Morgan fingerprint density at radius 1 is 0.839 bits per heavy atom. The van der Waals surface area contributed by atoms with Crippen molar-refractivity contribution in [2.45, 2.75) is 27.7 Å². The zero-order valence-electron chi connectivity index (χ0n) is 18.0. The van der Waals surface area contributed by atoms with Crippen molar-refractivity contribution >= 4 is 34.8 Å². The van der Waals surface area contributed by atoms with E-state index in [0.29, 0.717) is 27.7 Å². The highest BCUT2D eigenvalue weighted by molar-refractivity contribution is 6.32. The van der Waals surface area contributed by atoms with Crippen molar-refractivity contribution in [2.24, 2.45) is 0 Å². The van der Waals surface area contributed by atoms with Crippen molar-refractivity contribution in [3.63, 3.8) is 0 Å². The lowest BCUT2D eigenvalue weighted by molar-refractivity contribution is -0.118. The molecule has 0 unspecified atom stereocenters.